The molecule has 30 heavy (non-hydrogen) atoms. The molecule has 5 nitrogen and oxygen atoms in total. The minimum Gasteiger partial charge on any atom is -0.490 e. The van der Waals surface area contributed by atoms with Crippen molar-refractivity contribution in [1.29, 1.82) is 0 Å². The number of aromatic nitrogens is 1. The molecule has 0 aliphatic heterocycles. The molecule has 3 rings (SSSR count). The van der Waals surface area contributed by atoms with Crippen molar-refractivity contribution in [2.45, 2.75) is 20.5 Å². The van der Waals surface area contributed by atoms with Gasteiger partial charge in [-0.25, -0.2) is 0 Å². The fraction of sp³-hybridized carbons (Fsp3) is 0.200. The van der Waals surface area contributed by atoms with Crippen molar-refractivity contribution < 1.29 is 19.0 Å². The van der Waals surface area contributed by atoms with Crippen LogP contribution in [0, 0.1) is 0 Å². The van der Waals surface area contributed by atoms with Crippen LogP contribution in [0.25, 0.3) is 6.08 Å². The van der Waals surface area contributed by atoms with E-state index in [1.807, 2.05) is 56.3 Å². The summed E-state index contributed by atoms with van der Waals surface area (Å²) in [4.78, 5) is 16.2. The molecule has 0 aliphatic rings. The molecule has 2 aromatic carbocycles. The average molecular weight is 403 g/mol. The fourth-order valence-electron chi connectivity index (χ4n) is 2.84. The molecule has 0 radical (unpaired) electrons. The lowest BCUT2D eigenvalue weighted by Crippen LogP contribution is -2.01. The van der Waals surface area contributed by atoms with E-state index < -0.39 is 0 Å². The van der Waals surface area contributed by atoms with Gasteiger partial charge in [0.2, 0.25) is 0 Å². The molecule has 154 valence electrons. The molecule has 1 heterocycles. The Bertz CT molecular complexity index is 999. The van der Waals surface area contributed by atoms with Crippen LogP contribution in [0.15, 0.2) is 73.1 Å². The number of pyridine rings is 1. The molecule has 0 aliphatic carbocycles. The van der Waals surface area contributed by atoms with Gasteiger partial charge < -0.3 is 14.2 Å². The van der Waals surface area contributed by atoms with E-state index in [2.05, 4.69) is 4.98 Å². The van der Waals surface area contributed by atoms with Gasteiger partial charge in [-0.05, 0) is 67.4 Å². The molecule has 0 amide bonds. The minimum atomic E-state index is -0.0905. The Morgan fingerprint density at radius 3 is 2.53 bits per heavy atom. The Hall–Kier alpha value is -3.60. The van der Waals surface area contributed by atoms with Gasteiger partial charge in [0.05, 0.1) is 13.2 Å². The largest absolute Gasteiger partial charge is 0.490 e. The van der Waals surface area contributed by atoms with Gasteiger partial charge in [0.25, 0.3) is 0 Å². The van der Waals surface area contributed by atoms with Gasteiger partial charge >= 0.3 is 0 Å². The predicted octanol–water partition coefficient (Wildman–Crippen LogP) is 5.35. The Morgan fingerprint density at radius 1 is 0.933 bits per heavy atom. The maximum Gasteiger partial charge on any atom is 0.187 e. The molecule has 0 unspecified atom stereocenters. The van der Waals surface area contributed by atoms with Gasteiger partial charge in [-0.2, -0.15) is 0 Å². The number of allylic oxidation sites excluding steroid dienone is 1. The molecule has 1 aromatic heterocycles. The van der Waals surface area contributed by atoms with E-state index in [0.29, 0.717) is 31.1 Å². The summed E-state index contributed by atoms with van der Waals surface area (Å²) in [6.45, 7) is 5.43. The number of benzene rings is 2. The van der Waals surface area contributed by atoms with Crippen molar-refractivity contribution in [3.8, 4) is 17.2 Å². The van der Waals surface area contributed by atoms with Gasteiger partial charge in [0.15, 0.2) is 17.3 Å². The van der Waals surface area contributed by atoms with Crippen molar-refractivity contribution >= 4 is 11.9 Å². The molecule has 3 aromatic rings. The summed E-state index contributed by atoms with van der Waals surface area (Å²) >= 11 is 0. The van der Waals surface area contributed by atoms with Crippen molar-refractivity contribution in [3.05, 3.63) is 89.8 Å². The molecule has 0 saturated carbocycles. The molecule has 0 N–H and O–H groups in total. The molecule has 0 bridgehead atoms. The average Bonchev–Trinajstić information content (AvgIpc) is 2.79. The lowest BCUT2D eigenvalue weighted by atomic mass is 10.1. The van der Waals surface area contributed by atoms with Crippen LogP contribution < -0.4 is 14.2 Å². The molecule has 0 saturated heterocycles. The molecular weight excluding hydrogens is 378 g/mol. The second-order valence-electron chi connectivity index (χ2n) is 6.45. The summed E-state index contributed by atoms with van der Waals surface area (Å²) in [5.41, 5.74) is 2.42. The van der Waals surface area contributed by atoms with E-state index in [1.54, 1.807) is 30.6 Å². The first-order chi connectivity index (χ1) is 14.7. The summed E-state index contributed by atoms with van der Waals surface area (Å²) < 4.78 is 17.2. The van der Waals surface area contributed by atoms with E-state index in [9.17, 15) is 4.79 Å². The lowest BCUT2D eigenvalue weighted by Gasteiger charge is -2.13. The van der Waals surface area contributed by atoms with E-state index in [0.717, 1.165) is 22.6 Å². The number of ketones is 1. The summed E-state index contributed by atoms with van der Waals surface area (Å²) in [5, 5.41) is 0. The molecule has 0 atom stereocenters. The zero-order valence-corrected chi connectivity index (χ0v) is 17.2. The molecule has 5 heteroatoms. The third kappa shape index (κ3) is 5.95. The summed E-state index contributed by atoms with van der Waals surface area (Å²) in [6.07, 6.45) is 6.51. The normalized spacial score (nSPS) is 10.7. The van der Waals surface area contributed by atoms with Crippen molar-refractivity contribution in [2.24, 2.45) is 0 Å². The highest BCUT2D eigenvalue weighted by atomic mass is 16.5. The van der Waals surface area contributed by atoms with Crippen LogP contribution in [0.1, 0.15) is 35.3 Å². The Balaban J connectivity index is 1.65. The quantitative estimate of drug-likeness (QED) is 0.337. The number of hydrogen-bond donors (Lipinski definition) is 0. The summed E-state index contributed by atoms with van der Waals surface area (Å²) in [6, 6.07) is 16.9. The Labute approximate surface area is 176 Å². The van der Waals surface area contributed by atoms with E-state index >= 15 is 0 Å². The van der Waals surface area contributed by atoms with E-state index in [-0.39, 0.29) is 5.78 Å². The molecular formula is C25H25NO4. The predicted molar refractivity (Wildman–Crippen MR) is 117 cm³/mol. The highest BCUT2D eigenvalue weighted by Gasteiger charge is 2.07. The number of ether oxygens (including phenoxy) is 3. The van der Waals surface area contributed by atoms with Crippen LogP contribution in [-0.4, -0.2) is 24.0 Å². The highest BCUT2D eigenvalue weighted by molar-refractivity contribution is 6.06. The second-order valence-corrected chi connectivity index (χ2v) is 6.45. The first-order valence-corrected chi connectivity index (χ1v) is 9.93. The van der Waals surface area contributed by atoms with E-state index in [1.165, 1.54) is 6.08 Å². The maximum absolute atomic E-state index is 12.2. The minimum absolute atomic E-state index is 0.0905. The second kappa shape index (κ2) is 10.8. The first-order valence-electron chi connectivity index (χ1n) is 9.93. The number of rotatable bonds is 10. The summed E-state index contributed by atoms with van der Waals surface area (Å²) in [5.74, 6) is 2.07. The maximum atomic E-state index is 12.2. The molecule has 0 fully saturated rings. The zero-order valence-electron chi connectivity index (χ0n) is 17.2. The van der Waals surface area contributed by atoms with Gasteiger partial charge in [-0.3, -0.25) is 9.78 Å². The zero-order chi connectivity index (χ0) is 21.2. The monoisotopic (exact) mass is 403 g/mol. The Kier molecular flexibility index (Phi) is 7.61. The first kappa shape index (κ1) is 21.1. The number of carbonyl (C=O) groups is 1. The van der Waals surface area contributed by atoms with Crippen molar-refractivity contribution in [1.82, 2.24) is 4.98 Å². The van der Waals surface area contributed by atoms with Crippen LogP contribution in [0.4, 0.5) is 0 Å². The van der Waals surface area contributed by atoms with Gasteiger partial charge in [0, 0.05) is 18.0 Å². The fourth-order valence-corrected chi connectivity index (χ4v) is 2.84. The number of nitrogens with zero attached hydrogens (tertiary/aromatic N) is 1. The van der Waals surface area contributed by atoms with Gasteiger partial charge in [-0.1, -0.05) is 24.3 Å². The van der Waals surface area contributed by atoms with Crippen LogP contribution in [0.3, 0.4) is 0 Å². The van der Waals surface area contributed by atoms with Gasteiger partial charge in [0.1, 0.15) is 12.4 Å². The van der Waals surface area contributed by atoms with Gasteiger partial charge in [-0.15, -0.1) is 0 Å². The standard InChI is InChI=1S/C25H25NO4/c1-3-28-24-13-11-20(16-25(24)29-4-2)18-30-22-9-5-7-19(15-22)10-12-23(27)21-8-6-14-26-17-21/h5-17H,3-4,18H2,1-2H3/b12-10+. The SMILES string of the molecule is CCOc1ccc(COc2cccc(/C=C/C(=O)c3cccnc3)c2)cc1OCC. The van der Waals surface area contributed by atoms with Crippen LogP contribution in [-0.2, 0) is 6.61 Å². The third-order valence-electron chi connectivity index (χ3n) is 4.24. The van der Waals surface area contributed by atoms with Crippen molar-refractivity contribution in [3.63, 3.8) is 0 Å². The number of carbonyl (C=O) groups excluding carboxylic acids is 1. The van der Waals surface area contributed by atoms with Crippen LogP contribution in [0.2, 0.25) is 0 Å². The third-order valence-corrected chi connectivity index (χ3v) is 4.24. The van der Waals surface area contributed by atoms with E-state index in [4.69, 9.17) is 14.2 Å². The smallest absolute Gasteiger partial charge is 0.187 e. The molecule has 0 spiro atoms. The topological polar surface area (TPSA) is 57.7 Å². The van der Waals surface area contributed by atoms with Crippen LogP contribution in [0.5, 0.6) is 17.2 Å². The number of hydrogen-bond acceptors (Lipinski definition) is 5. The summed E-state index contributed by atoms with van der Waals surface area (Å²) in [7, 11) is 0. The lowest BCUT2D eigenvalue weighted by molar-refractivity contribution is 0.104. The van der Waals surface area contributed by atoms with Crippen molar-refractivity contribution in [2.75, 3.05) is 13.2 Å². The Morgan fingerprint density at radius 2 is 1.77 bits per heavy atom. The highest BCUT2D eigenvalue weighted by Crippen LogP contribution is 2.29. The van der Waals surface area contributed by atoms with Crippen LogP contribution >= 0.6 is 0 Å².